The van der Waals surface area contributed by atoms with Crippen molar-refractivity contribution in [3.63, 3.8) is 0 Å². The summed E-state index contributed by atoms with van der Waals surface area (Å²) in [6.07, 6.45) is -0.227. The highest BCUT2D eigenvalue weighted by Crippen LogP contribution is 2.29. The van der Waals surface area contributed by atoms with Crippen molar-refractivity contribution in [2.75, 3.05) is 0 Å². The third kappa shape index (κ3) is 6.26. The minimum atomic E-state index is -1.60. The zero-order valence-corrected chi connectivity index (χ0v) is 16.9. The van der Waals surface area contributed by atoms with Crippen molar-refractivity contribution in [2.45, 2.75) is 39.3 Å². The molecule has 0 aliphatic carbocycles. The quantitative estimate of drug-likeness (QED) is 0.411. The van der Waals surface area contributed by atoms with Gasteiger partial charge in [0.1, 0.15) is 29.8 Å². The molecule has 10 nitrogen and oxygen atoms in total. The number of carboxylic acids is 2. The van der Waals surface area contributed by atoms with Gasteiger partial charge >= 0.3 is 11.9 Å². The number of nitrogens with one attached hydrogen (secondary N) is 1. The van der Waals surface area contributed by atoms with Crippen LogP contribution in [0.5, 0.6) is 11.5 Å². The Morgan fingerprint density at radius 2 is 1.87 bits per heavy atom. The minimum absolute atomic E-state index is 0.0650. The molecule has 0 aliphatic rings. The number of rotatable bonds is 10. The number of aliphatic carboxylic acids is 2. The third-order valence-corrected chi connectivity index (χ3v) is 4.34. The molecule has 0 saturated heterocycles. The molecular formula is C21H22N2O8. The summed E-state index contributed by atoms with van der Waals surface area (Å²) >= 11 is 0. The number of aryl methyl sites for hydroxylation is 1. The van der Waals surface area contributed by atoms with E-state index in [1.807, 2.05) is 6.92 Å². The fraction of sp³-hybridized carbons (Fsp3) is 0.286. The second-order valence-corrected chi connectivity index (χ2v) is 6.65. The van der Waals surface area contributed by atoms with Gasteiger partial charge in [0.05, 0.1) is 17.7 Å². The van der Waals surface area contributed by atoms with E-state index in [2.05, 4.69) is 10.3 Å². The van der Waals surface area contributed by atoms with Crippen molar-refractivity contribution in [2.24, 2.45) is 0 Å². The first-order valence-electron chi connectivity index (χ1n) is 9.33. The maximum atomic E-state index is 12.3. The van der Waals surface area contributed by atoms with Gasteiger partial charge in [-0.2, -0.15) is 0 Å². The number of hydrogen-bond acceptors (Lipinski definition) is 7. The highest BCUT2D eigenvalue weighted by atomic mass is 16.5. The van der Waals surface area contributed by atoms with Gasteiger partial charge in [0, 0.05) is 6.07 Å². The number of ether oxygens (including phenoxy) is 1. The van der Waals surface area contributed by atoms with Crippen LogP contribution in [0.15, 0.2) is 30.3 Å². The molecule has 0 saturated carbocycles. The third-order valence-electron chi connectivity index (χ3n) is 4.34. The maximum Gasteiger partial charge on any atom is 0.326 e. The van der Waals surface area contributed by atoms with Gasteiger partial charge in [0.25, 0.3) is 5.91 Å². The van der Waals surface area contributed by atoms with Gasteiger partial charge in [-0.15, -0.1) is 0 Å². The number of phenols is 1. The van der Waals surface area contributed by atoms with Crippen LogP contribution >= 0.6 is 0 Å². The lowest BCUT2D eigenvalue weighted by atomic mass is 10.0. The van der Waals surface area contributed by atoms with E-state index in [-0.39, 0.29) is 29.4 Å². The molecule has 0 spiro atoms. The normalized spacial score (nSPS) is 11.4. The fourth-order valence-corrected chi connectivity index (χ4v) is 2.75. The molecule has 1 amide bonds. The van der Waals surface area contributed by atoms with E-state index >= 15 is 0 Å². The molecule has 0 radical (unpaired) electrons. The van der Waals surface area contributed by atoms with Crippen LogP contribution in [0.2, 0.25) is 0 Å². The first kappa shape index (κ1) is 23.3. The molecule has 2 aromatic rings. The van der Waals surface area contributed by atoms with Crippen LogP contribution in [0.3, 0.4) is 0 Å². The van der Waals surface area contributed by atoms with E-state index in [1.54, 1.807) is 12.1 Å². The van der Waals surface area contributed by atoms with E-state index < -0.39 is 30.3 Å². The fourth-order valence-electron chi connectivity index (χ4n) is 2.75. The monoisotopic (exact) mass is 430 g/mol. The van der Waals surface area contributed by atoms with Crippen molar-refractivity contribution in [1.82, 2.24) is 10.3 Å². The second-order valence-electron chi connectivity index (χ2n) is 6.65. The number of Topliss-reactive ketones (excluding diaryl/α,β-unsaturated/α-hetero) is 1. The highest BCUT2D eigenvalue weighted by Gasteiger charge is 2.24. The molecular weight excluding hydrogens is 408 g/mol. The Hall–Kier alpha value is -3.95. The van der Waals surface area contributed by atoms with E-state index in [0.29, 0.717) is 23.4 Å². The number of benzene rings is 1. The number of carbonyl (C=O) groups is 4. The average molecular weight is 430 g/mol. The largest absolute Gasteiger partial charge is 0.507 e. The molecule has 0 fully saturated rings. The Labute approximate surface area is 177 Å². The average Bonchev–Trinajstić information content (AvgIpc) is 2.71. The van der Waals surface area contributed by atoms with Crippen LogP contribution in [0, 0.1) is 0 Å². The molecule has 1 aromatic carbocycles. The SMILES string of the molecule is CCc1cc(C(C)=O)c(O)cc1OCc1cccc(C(=O)NC(CC(=O)O)C(=O)O)n1. The zero-order valence-electron chi connectivity index (χ0n) is 16.9. The predicted octanol–water partition coefficient (Wildman–Crippen LogP) is 1.79. The van der Waals surface area contributed by atoms with Gasteiger partial charge in [-0.3, -0.25) is 14.4 Å². The Bertz CT molecular complexity index is 1020. The lowest BCUT2D eigenvalue weighted by Crippen LogP contribution is -2.42. The van der Waals surface area contributed by atoms with Crippen molar-refractivity contribution < 1.29 is 39.2 Å². The van der Waals surface area contributed by atoms with E-state index in [1.165, 1.54) is 25.1 Å². The number of pyridine rings is 1. The van der Waals surface area contributed by atoms with E-state index in [4.69, 9.17) is 14.9 Å². The van der Waals surface area contributed by atoms with Crippen molar-refractivity contribution >= 4 is 23.6 Å². The molecule has 0 aliphatic heterocycles. The molecule has 1 aromatic heterocycles. The number of hydrogen-bond donors (Lipinski definition) is 4. The number of carboxylic acid groups (broad SMARTS) is 2. The standard InChI is InChI=1S/C21H22N2O8/c1-3-12-7-14(11(2)24)17(25)9-18(12)31-10-13-5-4-6-15(22-13)20(28)23-16(21(29)30)8-19(26)27/h4-7,9,16,25H,3,8,10H2,1-2H3,(H,23,28)(H,26,27)(H,29,30). The minimum Gasteiger partial charge on any atom is -0.507 e. The Morgan fingerprint density at radius 3 is 2.45 bits per heavy atom. The van der Waals surface area contributed by atoms with Crippen LogP contribution in [0.4, 0.5) is 0 Å². The van der Waals surface area contributed by atoms with E-state index in [9.17, 15) is 24.3 Å². The Morgan fingerprint density at radius 1 is 1.16 bits per heavy atom. The number of carbonyl (C=O) groups excluding carboxylic acids is 2. The molecule has 1 unspecified atom stereocenters. The molecule has 31 heavy (non-hydrogen) atoms. The number of nitrogens with zero attached hydrogens (tertiary/aromatic N) is 1. The van der Waals surface area contributed by atoms with Gasteiger partial charge in [-0.05, 0) is 37.1 Å². The van der Waals surface area contributed by atoms with Gasteiger partial charge in [-0.25, -0.2) is 9.78 Å². The van der Waals surface area contributed by atoms with Gasteiger partial charge in [0.15, 0.2) is 5.78 Å². The van der Waals surface area contributed by atoms with Crippen LogP contribution < -0.4 is 10.1 Å². The highest BCUT2D eigenvalue weighted by molar-refractivity contribution is 5.97. The molecule has 164 valence electrons. The molecule has 1 heterocycles. The van der Waals surface area contributed by atoms with Gasteiger partial charge in [0.2, 0.25) is 0 Å². The molecule has 4 N–H and O–H groups in total. The summed E-state index contributed by atoms with van der Waals surface area (Å²) in [5, 5.41) is 30.0. The molecule has 10 heteroatoms. The molecule has 2 rings (SSSR count). The van der Waals surface area contributed by atoms with E-state index in [0.717, 1.165) is 0 Å². The maximum absolute atomic E-state index is 12.3. The summed E-state index contributed by atoms with van der Waals surface area (Å²) in [6, 6.07) is 5.75. The Kier molecular flexibility index (Phi) is 7.67. The van der Waals surface area contributed by atoms with Gasteiger partial charge < -0.3 is 25.4 Å². The van der Waals surface area contributed by atoms with Crippen molar-refractivity contribution in [3.05, 3.63) is 52.8 Å². The summed E-state index contributed by atoms with van der Waals surface area (Å²) in [5.41, 5.74) is 1.13. The van der Waals surface area contributed by atoms with Crippen LogP contribution in [0.25, 0.3) is 0 Å². The summed E-state index contributed by atoms with van der Waals surface area (Å²) < 4.78 is 5.70. The smallest absolute Gasteiger partial charge is 0.326 e. The van der Waals surface area contributed by atoms with Crippen molar-refractivity contribution in [3.8, 4) is 11.5 Å². The molecule has 0 bridgehead atoms. The first-order chi connectivity index (χ1) is 14.6. The van der Waals surface area contributed by atoms with Gasteiger partial charge in [-0.1, -0.05) is 13.0 Å². The summed E-state index contributed by atoms with van der Waals surface area (Å²) in [5.74, 6) is -3.81. The lowest BCUT2D eigenvalue weighted by molar-refractivity contribution is -0.145. The zero-order chi connectivity index (χ0) is 23.1. The summed E-state index contributed by atoms with van der Waals surface area (Å²) in [4.78, 5) is 49.9. The van der Waals surface area contributed by atoms with Crippen LogP contribution in [-0.2, 0) is 22.6 Å². The predicted molar refractivity (Wildman–Crippen MR) is 107 cm³/mol. The number of ketones is 1. The number of aromatic nitrogens is 1. The Balaban J connectivity index is 2.15. The van der Waals surface area contributed by atoms with Crippen LogP contribution in [0.1, 0.15) is 52.4 Å². The summed E-state index contributed by atoms with van der Waals surface area (Å²) in [7, 11) is 0. The number of phenolic OH excluding ortho intramolecular Hbond substituents is 1. The number of aromatic hydroxyl groups is 1. The second kappa shape index (κ2) is 10.2. The molecule has 1 atom stereocenters. The van der Waals surface area contributed by atoms with Crippen molar-refractivity contribution in [1.29, 1.82) is 0 Å². The first-order valence-corrected chi connectivity index (χ1v) is 9.33. The summed E-state index contributed by atoms with van der Waals surface area (Å²) in [6.45, 7) is 3.15. The van der Waals surface area contributed by atoms with Crippen LogP contribution in [-0.4, -0.2) is 50.0 Å². The number of amides is 1. The topological polar surface area (TPSA) is 163 Å². The lowest BCUT2D eigenvalue weighted by Gasteiger charge is -2.14.